The monoisotopic (exact) mass is 477 g/mol. The van der Waals surface area contributed by atoms with Crippen molar-refractivity contribution >= 4 is 17.5 Å². The Morgan fingerprint density at radius 2 is 1.91 bits per heavy atom. The lowest BCUT2D eigenvalue weighted by Gasteiger charge is -2.37. The molecule has 0 radical (unpaired) electrons. The molecular weight excluding hydrogens is 452 g/mol. The molecule has 4 heterocycles. The molecule has 2 aromatic rings. The van der Waals surface area contributed by atoms with Crippen molar-refractivity contribution in [2.45, 2.75) is 56.0 Å². The van der Waals surface area contributed by atoms with Crippen molar-refractivity contribution in [3.05, 3.63) is 40.4 Å². The number of hydrogen-bond donors (Lipinski definition) is 0. The van der Waals surface area contributed by atoms with E-state index in [0.29, 0.717) is 56.9 Å². The number of fused-ring (bicyclic) bond motifs is 3. The number of hydrogen-bond acceptors (Lipinski definition) is 5. The van der Waals surface area contributed by atoms with Crippen LogP contribution in [0.2, 0.25) is 5.02 Å². The second-order valence-corrected chi connectivity index (χ2v) is 10.3. The first-order valence-electron chi connectivity index (χ1n) is 11.5. The zero-order chi connectivity index (χ0) is 22.8. The highest BCUT2D eigenvalue weighted by molar-refractivity contribution is 6.30. The molecule has 2 saturated heterocycles. The first-order chi connectivity index (χ1) is 15.8. The number of aromatic nitrogens is 3. The van der Waals surface area contributed by atoms with E-state index in [-0.39, 0.29) is 31.6 Å². The Balaban J connectivity index is 1.28. The van der Waals surface area contributed by atoms with Gasteiger partial charge in [-0.15, -0.1) is 10.2 Å². The maximum atomic E-state index is 14.8. The van der Waals surface area contributed by atoms with Crippen molar-refractivity contribution in [1.29, 1.82) is 0 Å². The number of halogens is 3. The largest absolute Gasteiger partial charge is 0.375 e. The fourth-order valence-electron chi connectivity index (χ4n) is 5.23. The van der Waals surface area contributed by atoms with Gasteiger partial charge in [-0.25, -0.2) is 8.78 Å². The zero-order valence-electron chi connectivity index (χ0n) is 18.3. The van der Waals surface area contributed by atoms with Crippen LogP contribution in [0.1, 0.15) is 48.8 Å². The minimum atomic E-state index is -1.63. The van der Waals surface area contributed by atoms with Crippen LogP contribution in [-0.4, -0.2) is 74.7 Å². The third-order valence-corrected chi connectivity index (χ3v) is 7.48. The number of likely N-dealkylation sites (tertiary alicyclic amines) is 1. The van der Waals surface area contributed by atoms with Gasteiger partial charge in [-0.2, -0.15) is 0 Å². The van der Waals surface area contributed by atoms with Gasteiger partial charge in [-0.05, 0) is 49.4 Å². The van der Waals surface area contributed by atoms with Gasteiger partial charge in [0.25, 0.3) is 5.91 Å². The molecule has 10 heteroatoms. The molecule has 1 aromatic heterocycles. The standard InChI is InChI=1S/C23H26ClF2N5O2/c24-17-1-2-18-16(9-17)10-29(12-22(25)13-33-14-22)11-19-27-28-20(31(18)19)15-3-7-30(8-4-15)21(32)23(26)5-6-23/h1-2,9,15H,3-8,10-14H2. The highest BCUT2D eigenvalue weighted by Gasteiger charge is 2.53. The summed E-state index contributed by atoms with van der Waals surface area (Å²) in [7, 11) is 0. The number of piperidine rings is 1. The topological polar surface area (TPSA) is 63.5 Å². The summed E-state index contributed by atoms with van der Waals surface area (Å²) in [6.45, 7) is 2.53. The van der Waals surface area contributed by atoms with E-state index in [1.165, 1.54) is 0 Å². The van der Waals surface area contributed by atoms with Gasteiger partial charge in [0, 0.05) is 37.1 Å². The molecule has 1 aliphatic carbocycles. The van der Waals surface area contributed by atoms with Crippen LogP contribution in [0, 0.1) is 0 Å². The Morgan fingerprint density at radius 3 is 2.58 bits per heavy atom. The van der Waals surface area contributed by atoms with Crippen LogP contribution in [0.15, 0.2) is 18.2 Å². The summed E-state index contributed by atoms with van der Waals surface area (Å²) in [6.07, 6.45) is 2.09. The summed E-state index contributed by atoms with van der Waals surface area (Å²) >= 11 is 6.31. The fourth-order valence-corrected chi connectivity index (χ4v) is 5.43. The molecule has 176 valence electrons. The van der Waals surface area contributed by atoms with Gasteiger partial charge in [0.2, 0.25) is 0 Å². The molecule has 4 aliphatic rings. The molecule has 3 fully saturated rings. The number of rotatable bonds is 4. The summed E-state index contributed by atoms with van der Waals surface area (Å²) in [5.74, 6) is 1.34. The molecule has 0 N–H and O–H groups in total. The lowest BCUT2D eigenvalue weighted by atomic mass is 9.95. The van der Waals surface area contributed by atoms with Gasteiger partial charge in [0.15, 0.2) is 17.2 Å². The molecule has 7 nitrogen and oxygen atoms in total. The van der Waals surface area contributed by atoms with Crippen LogP contribution >= 0.6 is 11.6 Å². The Labute approximate surface area is 195 Å². The van der Waals surface area contributed by atoms with Crippen LogP contribution in [-0.2, 0) is 22.6 Å². The molecule has 0 spiro atoms. The molecule has 1 aromatic carbocycles. The summed E-state index contributed by atoms with van der Waals surface area (Å²) in [5.41, 5.74) is -1.02. The van der Waals surface area contributed by atoms with Crippen molar-refractivity contribution in [1.82, 2.24) is 24.6 Å². The molecule has 3 aliphatic heterocycles. The van der Waals surface area contributed by atoms with E-state index in [1.54, 1.807) is 4.90 Å². The van der Waals surface area contributed by atoms with E-state index in [2.05, 4.69) is 14.8 Å². The highest BCUT2D eigenvalue weighted by Crippen LogP contribution is 2.42. The maximum Gasteiger partial charge on any atom is 0.260 e. The average molecular weight is 478 g/mol. The normalized spacial score (nSPS) is 23.9. The van der Waals surface area contributed by atoms with Crippen molar-refractivity contribution in [2.24, 2.45) is 0 Å². The van der Waals surface area contributed by atoms with Crippen LogP contribution < -0.4 is 0 Å². The molecule has 0 bridgehead atoms. The Hall–Kier alpha value is -2.10. The third kappa shape index (κ3) is 3.84. The van der Waals surface area contributed by atoms with E-state index in [1.807, 2.05) is 23.1 Å². The zero-order valence-corrected chi connectivity index (χ0v) is 19.0. The number of alkyl halides is 2. The minimum Gasteiger partial charge on any atom is -0.375 e. The summed E-state index contributed by atoms with van der Waals surface area (Å²) in [6, 6.07) is 5.73. The molecule has 0 atom stereocenters. The van der Waals surface area contributed by atoms with Crippen molar-refractivity contribution in [3.63, 3.8) is 0 Å². The third-order valence-electron chi connectivity index (χ3n) is 7.24. The first kappa shape index (κ1) is 21.4. The second-order valence-electron chi connectivity index (χ2n) is 9.90. The number of carbonyl (C=O) groups is 1. The lowest BCUT2D eigenvalue weighted by Crippen LogP contribution is -2.53. The van der Waals surface area contributed by atoms with Crippen LogP contribution in [0.4, 0.5) is 8.78 Å². The number of benzene rings is 1. The van der Waals surface area contributed by atoms with Crippen LogP contribution in [0.25, 0.3) is 5.69 Å². The Bertz CT molecular complexity index is 1090. The van der Waals surface area contributed by atoms with Crippen LogP contribution in [0.5, 0.6) is 0 Å². The SMILES string of the molecule is O=C(N1CCC(c2nnc3n2-c2ccc(Cl)cc2CN(CC2(F)COC2)C3)CC1)C1(F)CC1. The average Bonchev–Trinajstić information content (AvgIpc) is 3.44. The molecule has 1 saturated carbocycles. The molecular formula is C23H26ClF2N5O2. The minimum absolute atomic E-state index is 0.104. The molecule has 1 amide bonds. The van der Waals surface area contributed by atoms with Gasteiger partial charge in [0.1, 0.15) is 5.82 Å². The Morgan fingerprint density at radius 1 is 1.15 bits per heavy atom. The van der Waals surface area contributed by atoms with Gasteiger partial charge in [0.05, 0.1) is 25.4 Å². The summed E-state index contributed by atoms with van der Waals surface area (Å²) in [5, 5.41) is 9.65. The Kier molecular flexibility index (Phi) is 5.01. The number of ether oxygens (including phenoxy) is 1. The van der Waals surface area contributed by atoms with Gasteiger partial charge in [-0.3, -0.25) is 14.3 Å². The predicted octanol–water partition coefficient (Wildman–Crippen LogP) is 3.18. The molecule has 33 heavy (non-hydrogen) atoms. The van der Waals surface area contributed by atoms with E-state index in [4.69, 9.17) is 16.3 Å². The number of carbonyl (C=O) groups excluding carboxylic acids is 1. The summed E-state index contributed by atoms with van der Waals surface area (Å²) < 4.78 is 36.3. The van der Waals surface area contributed by atoms with E-state index in [9.17, 15) is 13.6 Å². The maximum absolute atomic E-state index is 14.8. The second kappa shape index (κ2) is 7.71. The van der Waals surface area contributed by atoms with E-state index in [0.717, 1.165) is 22.9 Å². The quantitative estimate of drug-likeness (QED) is 0.676. The van der Waals surface area contributed by atoms with Crippen molar-refractivity contribution in [3.8, 4) is 5.69 Å². The first-order valence-corrected chi connectivity index (χ1v) is 11.9. The van der Waals surface area contributed by atoms with Gasteiger partial charge in [-0.1, -0.05) is 11.6 Å². The fraction of sp³-hybridized carbons (Fsp3) is 0.609. The van der Waals surface area contributed by atoms with Gasteiger partial charge < -0.3 is 9.64 Å². The lowest BCUT2D eigenvalue weighted by molar-refractivity contribution is -0.142. The van der Waals surface area contributed by atoms with Gasteiger partial charge >= 0.3 is 0 Å². The number of nitrogens with zero attached hydrogens (tertiary/aromatic N) is 5. The number of amides is 1. The molecule has 0 unspecified atom stereocenters. The van der Waals surface area contributed by atoms with E-state index < -0.39 is 11.3 Å². The predicted molar refractivity (Wildman–Crippen MR) is 117 cm³/mol. The van der Waals surface area contributed by atoms with Crippen molar-refractivity contribution in [2.75, 3.05) is 32.8 Å². The van der Waals surface area contributed by atoms with Crippen LogP contribution in [0.3, 0.4) is 0 Å². The highest BCUT2D eigenvalue weighted by atomic mass is 35.5. The smallest absolute Gasteiger partial charge is 0.260 e. The molecule has 6 rings (SSSR count). The summed E-state index contributed by atoms with van der Waals surface area (Å²) in [4.78, 5) is 16.1. The van der Waals surface area contributed by atoms with E-state index >= 15 is 0 Å². The van der Waals surface area contributed by atoms with Crippen molar-refractivity contribution < 1.29 is 18.3 Å².